The predicted octanol–water partition coefficient (Wildman–Crippen LogP) is 0.00750. The third-order valence-electron chi connectivity index (χ3n) is 2.10. The van der Waals surface area contributed by atoms with E-state index < -0.39 is 0 Å². The van der Waals surface area contributed by atoms with Crippen LogP contribution in [0, 0.1) is 5.92 Å². The molecule has 0 saturated carbocycles. The average Bonchev–Trinajstić information content (AvgIpc) is 2.33. The maximum atomic E-state index is 11.1. The average molecular weight is 164 g/mol. The summed E-state index contributed by atoms with van der Waals surface area (Å²) in [5.74, 6) is -0.451. The van der Waals surface area contributed by atoms with Gasteiger partial charge in [-0.1, -0.05) is 6.92 Å². The van der Waals surface area contributed by atoms with Gasteiger partial charge in [-0.15, -0.1) is 0 Å². The van der Waals surface area contributed by atoms with E-state index in [1.807, 2.05) is 6.92 Å². The summed E-state index contributed by atoms with van der Waals surface area (Å²) in [6.45, 7) is 1.93. The fraction of sp³-hybridized carbons (Fsp3) is 0.375. The van der Waals surface area contributed by atoms with Crippen molar-refractivity contribution in [1.29, 1.82) is 0 Å². The molecule has 0 saturated heterocycles. The maximum absolute atomic E-state index is 11.1. The van der Waals surface area contributed by atoms with Crippen LogP contribution in [0.15, 0.2) is 16.3 Å². The van der Waals surface area contributed by atoms with Gasteiger partial charge in [0.15, 0.2) is 0 Å². The first-order valence-electron chi connectivity index (χ1n) is 3.80. The number of nitrogens with zero attached hydrogens (tertiary/aromatic N) is 1. The van der Waals surface area contributed by atoms with E-state index in [-0.39, 0.29) is 17.7 Å². The van der Waals surface area contributed by atoms with Gasteiger partial charge in [0.2, 0.25) is 5.91 Å². The molecule has 1 N–H and O–H groups in total. The van der Waals surface area contributed by atoms with Gasteiger partial charge in [-0.25, -0.2) is 0 Å². The van der Waals surface area contributed by atoms with Crippen molar-refractivity contribution in [2.75, 3.05) is 0 Å². The zero-order chi connectivity index (χ0) is 8.72. The minimum Gasteiger partial charge on any atom is -0.291 e. The first-order chi connectivity index (χ1) is 5.68. The molecular weight excluding hydrogens is 156 g/mol. The Morgan fingerprint density at radius 2 is 2.33 bits per heavy atom. The molecular formula is C8H8N2O2. The summed E-state index contributed by atoms with van der Waals surface area (Å²) in [5, 5.41) is 2.22. The van der Waals surface area contributed by atoms with Crippen molar-refractivity contribution in [1.82, 2.24) is 5.32 Å². The quantitative estimate of drug-likeness (QED) is 0.512. The Bertz CT molecular complexity index is 328. The molecule has 0 aromatic rings. The Morgan fingerprint density at radius 1 is 1.58 bits per heavy atom. The second-order valence-electron chi connectivity index (χ2n) is 2.99. The van der Waals surface area contributed by atoms with E-state index in [1.165, 1.54) is 0 Å². The normalized spacial score (nSPS) is 27.6. The molecule has 0 aliphatic carbocycles. The highest BCUT2D eigenvalue weighted by Gasteiger charge is 2.30. The van der Waals surface area contributed by atoms with Crippen LogP contribution in [0.25, 0.3) is 0 Å². The second-order valence-corrected chi connectivity index (χ2v) is 2.99. The molecule has 12 heavy (non-hydrogen) atoms. The Kier molecular flexibility index (Phi) is 1.36. The summed E-state index contributed by atoms with van der Waals surface area (Å²) in [5.41, 5.74) is 1.28. The highest BCUT2D eigenvalue weighted by atomic mass is 16.2. The number of nitrogens with one attached hydrogen (secondary N) is 1. The summed E-state index contributed by atoms with van der Waals surface area (Å²) in [4.78, 5) is 26.0. The molecule has 0 aromatic carbocycles. The van der Waals surface area contributed by atoms with Crippen LogP contribution in [0.3, 0.4) is 0 Å². The van der Waals surface area contributed by atoms with Crippen molar-refractivity contribution < 1.29 is 9.59 Å². The molecule has 2 heterocycles. The number of aliphatic imine (C=N–C) groups is 1. The number of imide groups is 1. The molecule has 0 bridgehead atoms. The van der Waals surface area contributed by atoms with Gasteiger partial charge in [-0.05, 0) is 5.57 Å². The minimum atomic E-state index is -0.359. The third kappa shape index (κ3) is 0.879. The van der Waals surface area contributed by atoms with E-state index in [0.29, 0.717) is 12.1 Å². The van der Waals surface area contributed by atoms with Crippen LogP contribution in [0.4, 0.5) is 0 Å². The SMILES string of the molecule is CC1C=NC2=C1CC(=O)NC2=O. The predicted molar refractivity (Wildman–Crippen MR) is 42.4 cm³/mol. The van der Waals surface area contributed by atoms with Crippen molar-refractivity contribution in [3.8, 4) is 0 Å². The van der Waals surface area contributed by atoms with Gasteiger partial charge in [0.05, 0.1) is 6.42 Å². The Hall–Kier alpha value is -1.45. The molecule has 2 aliphatic rings. The second kappa shape index (κ2) is 2.27. The summed E-state index contributed by atoms with van der Waals surface area (Å²) in [6.07, 6.45) is 2.01. The summed E-state index contributed by atoms with van der Waals surface area (Å²) in [7, 11) is 0. The molecule has 1 unspecified atom stereocenters. The first kappa shape index (κ1) is 7.21. The zero-order valence-corrected chi connectivity index (χ0v) is 6.63. The monoisotopic (exact) mass is 164 g/mol. The molecule has 4 nitrogen and oxygen atoms in total. The lowest BCUT2D eigenvalue weighted by Gasteiger charge is -2.14. The fourth-order valence-electron chi connectivity index (χ4n) is 1.43. The molecule has 0 aromatic heterocycles. The maximum Gasteiger partial charge on any atom is 0.276 e. The van der Waals surface area contributed by atoms with E-state index >= 15 is 0 Å². The molecule has 2 aliphatic heterocycles. The Morgan fingerprint density at radius 3 is 3.08 bits per heavy atom. The molecule has 2 rings (SSSR count). The van der Waals surface area contributed by atoms with Gasteiger partial charge in [0, 0.05) is 12.1 Å². The molecule has 0 fully saturated rings. The Balaban J connectivity index is 2.43. The van der Waals surface area contributed by atoms with E-state index in [4.69, 9.17) is 0 Å². The van der Waals surface area contributed by atoms with Crippen LogP contribution < -0.4 is 5.32 Å². The van der Waals surface area contributed by atoms with E-state index in [0.717, 1.165) is 5.57 Å². The van der Waals surface area contributed by atoms with E-state index in [2.05, 4.69) is 10.3 Å². The van der Waals surface area contributed by atoms with E-state index in [9.17, 15) is 9.59 Å². The fourth-order valence-corrected chi connectivity index (χ4v) is 1.43. The lowest BCUT2D eigenvalue weighted by atomic mass is 9.97. The molecule has 2 amide bonds. The van der Waals surface area contributed by atoms with Crippen molar-refractivity contribution in [2.45, 2.75) is 13.3 Å². The van der Waals surface area contributed by atoms with Gasteiger partial charge in [0.25, 0.3) is 5.91 Å². The molecule has 62 valence electrons. The molecule has 4 heteroatoms. The number of carbonyl (C=O) groups excluding carboxylic acids is 2. The topological polar surface area (TPSA) is 58.5 Å². The highest BCUT2D eigenvalue weighted by Crippen LogP contribution is 2.26. The van der Waals surface area contributed by atoms with Crippen LogP contribution in [0.1, 0.15) is 13.3 Å². The molecule has 1 atom stereocenters. The Labute approximate surface area is 69.4 Å². The number of hydrogen-bond acceptors (Lipinski definition) is 3. The summed E-state index contributed by atoms with van der Waals surface area (Å²) in [6, 6.07) is 0. The van der Waals surface area contributed by atoms with Gasteiger partial charge < -0.3 is 0 Å². The number of amides is 2. The minimum absolute atomic E-state index is 0.134. The number of hydrogen-bond donors (Lipinski definition) is 1. The standard InChI is InChI=1S/C8H8N2O2/c1-4-3-9-7-5(4)2-6(11)10-8(7)12/h3-4H,2H2,1H3,(H,10,11,12). The van der Waals surface area contributed by atoms with Gasteiger partial charge in [-0.3, -0.25) is 19.9 Å². The largest absolute Gasteiger partial charge is 0.291 e. The summed E-state index contributed by atoms with van der Waals surface area (Å²) >= 11 is 0. The number of carbonyl (C=O) groups is 2. The lowest BCUT2D eigenvalue weighted by Crippen LogP contribution is -2.36. The van der Waals surface area contributed by atoms with Crippen molar-refractivity contribution >= 4 is 18.0 Å². The van der Waals surface area contributed by atoms with Crippen molar-refractivity contribution in [2.24, 2.45) is 10.9 Å². The van der Waals surface area contributed by atoms with Gasteiger partial charge >= 0.3 is 0 Å². The molecule has 0 radical (unpaired) electrons. The van der Waals surface area contributed by atoms with Crippen molar-refractivity contribution in [3.63, 3.8) is 0 Å². The van der Waals surface area contributed by atoms with Crippen molar-refractivity contribution in [3.05, 3.63) is 11.3 Å². The van der Waals surface area contributed by atoms with Gasteiger partial charge in [0.1, 0.15) is 5.70 Å². The van der Waals surface area contributed by atoms with Crippen LogP contribution in [0.5, 0.6) is 0 Å². The van der Waals surface area contributed by atoms with Crippen LogP contribution >= 0.6 is 0 Å². The van der Waals surface area contributed by atoms with Crippen LogP contribution in [-0.2, 0) is 9.59 Å². The van der Waals surface area contributed by atoms with E-state index in [1.54, 1.807) is 6.21 Å². The molecule has 0 spiro atoms. The lowest BCUT2D eigenvalue weighted by molar-refractivity contribution is -0.129. The third-order valence-corrected chi connectivity index (χ3v) is 2.10. The van der Waals surface area contributed by atoms with Crippen LogP contribution in [-0.4, -0.2) is 18.0 Å². The van der Waals surface area contributed by atoms with Gasteiger partial charge in [-0.2, -0.15) is 0 Å². The smallest absolute Gasteiger partial charge is 0.276 e. The zero-order valence-electron chi connectivity index (χ0n) is 6.63. The van der Waals surface area contributed by atoms with Crippen LogP contribution in [0.2, 0.25) is 0 Å². The summed E-state index contributed by atoms with van der Waals surface area (Å²) < 4.78 is 0. The first-order valence-corrected chi connectivity index (χ1v) is 3.80. The number of rotatable bonds is 0. The highest BCUT2D eigenvalue weighted by molar-refractivity contribution is 6.10.